The van der Waals surface area contributed by atoms with Crippen LogP contribution in [0.3, 0.4) is 0 Å². The van der Waals surface area contributed by atoms with Crippen LogP contribution in [0.4, 0.5) is 5.13 Å². The van der Waals surface area contributed by atoms with Crippen LogP contribution in [-0.4, -0.2) is 16.4 Å². The van der Waals surface area contributed by atoms with Crippen molar-refractivity contribution in [1.82, 2.24) is 4.98 Å². The van der Waals surface area contributed by atoms with Gasteiger partial charge in [-0.05, 0) is 28.8 Å². The monoisotopic (exact) mass is 303 g/mol. The summed E-state index contributed by atoms with van der Waals surface area (Å²) in [7, 11) is 0. The standard InChI is InChI=1S/C10H14BrN3OS/c11-7-6-13-9(16-7)14-8(15)5-10(12)3-1-2-4-10/h6H,1-5,12H2,(H,13,14,15). The summed E-state index contributed by atoms with van der Waals surface area (Å²) in [5.74, 6) is -0.0359. The molecule has 1 aliphatic rings. The second-order valence-corrected chi connectivity index (χ2v) is 6.67. The zero-order valence-corrected chi connectivity index (χ0v) is 11.2. The van der Waals surface area contributed by atoms with Crippen molar-refractivity contribution in [3.63, 3.8) is 0 Å². The maximum absolute atomic E-state index is 11.7. The summed E-state index contributed by atoms with van der Waals surface area (Å²) in [4.78, 5) is 15.8. The van der Waals surface area contributed by atoms with Crippen LogP contribution in [-0.2, 0) is 4.79 Å². The van der Waals surface area contributed by atoms with E-state index in [9.17, 15) is 4.79 Å². The van der Waals surface area contributed by atoms with E-state index in [0.717, 1.165) is 29.5 Å². The Hall–Kier alpha value is -0.460. The van der Waals surface area contributed by atoms with Crippen LogP contribution in [0.2, 0.25) is 0 Å². The molecule has 4 nitrogen and oxygen atoms in total. The summed E-state index contributed by atoms with van der Waals surface area (Å²) in [5.41, 5.74) is 5.84. The zero-order chi connectivity index (χ0) is 11.6. The van der Waals surface area contributed by atoms with Crippen molar-refractivity contribution in [2.45, 2.75) is 37.6 Å². The van der Waals surface area contributed by atoms with Gasteiger partial charge in [-0.3, -0.25) is 4.79 Å². The first-order valence-electron chi connectivity index (χ1n) is 5.27. The van der Waals surface area contributed by atoms with Gasteiger partial charge < -0.3 is 11.1 Å². The van der Waals surface area contributed by atoms with Gasteiger partial charge >= 0.3 is 0 Å². The van der Waals surface area contributed by atoms with Gasteiger partial charge in [0.25, 0.3) is 0 Å². The Morgan fingerprint density at radius 1 is 1.62 bits per heavy atom. The Morgan fingerprint density at radius 2 is 2.31 bits per heavy atom. The first-order chi connectivity index (χ1) is 7.57. The predicted molar refractivity (Wildman–Crippen MR) is 68.4 cm³/mol. The van der Waals surface area contributed by atoms with Crippen molar-refractivity contribution < 1.29 is 4.79 Å². The lowest BCUT2D eigenvalue weighted by Gasteiger charge is -2.22. The highest BCUT2D eigenvalue weighted by Crippen LogP contribution is 2.30. The largest absolute Gasteiger partial charge is 0.325 e. The molecular formula is C10H14BrN3OS. The molecule has 1 heterocycles. The van der Waals surface area contributed by atoms with E-state index in [1.807, 2.05) is 0 Å². The number of carbonyl (C=O) groups is 1. The first-order valence-corrected chi connectivity index (χ1v) is 6.88. The molecule has 1 aromatic heterocycles. The maximum atomic E-state index is 11.7. The molecule has 16 heavy (non-hydrogen) atoms. The van der Waals surface area contributed by atoms with Crippen molar-refractivity contribution in [3.8, 4) is 0 Å². The highest BCUT2D eigenvalue weighted by Gasteiger charge is 2.31. The molecule has 1 aromatic rings. The van der Waals surface area contributed by atoms with Gasteiger partial charge in [0.1, 0.15) is 0 Å². The van der Waals surface area contributed by atoms with Crippen molar-refractivity contribution in [2.24, 2.45) is 5.73 Å². The topological polar surface area (TPSA) is 68.0 Å². The van der Waals surface area contributed by atoms with Crippen molar-refractivity contribution in [2.75, 3.05) is 5.32 Å². The number of hydrogen-bond donors (Lipinski definition) is 2. The molecular weight excluding hydrogens is 290 g/mol. The van der Waals surface area contributed by atoms with Crippen LogP contribution in [0.5, 0.6) is 0 Å². The summed E-state index contributed by atoms with van der Waals surface area (Å²) in [5, 5.41) is 3.40. The highest BCUT2D eigenvalue weighted by molar-refractivity contribution is 9.11. The molecule has 1 fully saturated rings. The lowest BCUT2D eigenvalue weighted by molar-refractivity contribution is -0.117. The number of amides is 1. The quantitative estimate of drug-likeness (QED) is 0.901. The van der Waals surface area contributed by atoms with E-state index in [-0.39, 0.29) is 11.4 Å². The van der Waals surface area contributed by atoms with E-state index in [1.54, 1.807) is 6.20 Å². The van der Waals surface area contributed by atoms with Crippen LogP contribution >= 0.6 is 27.3 Å². The van der Waals surface area contributed by atoms with Gasteiger partial charge in [0.15, 0.2) is 5.13 Å². The molecule has 3 N–H and O–H groups in total. The minimum absolute atomic E-state index is 0.0359. The molecule has 1 saturated carbocycles. The minimum atomic E-state index is -0.293. The summed E-state index contributed by atoms with van der Waals surface area (Å²) in [6.45, 7) is 0. The Morgan fingerprint density at radius 3 is 2.88 bits per heavy atom. The van der Waals surface area contributed by atoms with Gasteiger partial charge in [-0.1, -0.05) is 24.2 Å². The van der Waals surface area contributed by atoms with Gasteiger partial charge in [0, 0.05) is 12.0 Å². The summed E-state index contributed by atoms with van der Waals surface area (Å²) >= 11 is 4.71. The Bertz CT molecular complexity index is 387. The van der Waals surface area contributed by atoms with E-state index < -0.39 is 0 Å². The van der Waals surface area contributed by atoms with Gasteiger partial charge in [-0.25, -0.2) is 4.98 Å². The average molecular weight is 304 g/mol. The second-order valence-electron chi connectivity index (χ2n) is 4.26. The van der Waals surface area contributed by atoms with Gasteiger partial charge in [0.2, 0.25) is 5.91 Å². The number of nitrogens with zero attached hydrogens (tertiary/aromatic N) is 1. The molecule has 0 spiro atoms. The van der Waals surface area contributed by atoms with E-state index in [1.165, 1.54) is 11.3 Å². The molecule has 1 amide bonds. The van der Waals surface area contributed by atoms with Crippen LogP contribution in [0.15, 0.2) is 9.98 Å². The fourth-order valence-electron chi connectivity index (χ4n) is 2.05. The zero-order valence-electron chi connectivity index (χ0n) is 8.83. The number of thiazole rings is 1. The lowest BCUT2D eigenvalue weighted by Crippen LogP contribution is -2.40. The van der Waals surface area contributed by atoms with Crippen molar-refractivity contribution >= 4 is 38.3 Å². The van der Waals surface area contributed by atoms with E-state index >= 15 is 0 Å². The molecule has 0 atom stereocenters. The number of carbonyl (C=O) groups excluding carboxylic acids is 1. The van der Waals surface area contributed by atoms with Gasteiger partial charge in [-0.2, -0.15) is 0 Å². The molecule has 0 unspecified atom stereocenters. The smallest absolute Gasteiger partial charge is 0.228 e. The average Bonchev–Trinajstić information content (AvgIpc) is 2.75. The normalized spacial score (nSPS) is 18.6. The summed E-state index contributed by atoms with van der Waals surface area (Å²) < 4.78 is 0.908. The van der Waals surface area contributed by atoms with E-state index in [2.05, 4.69) is 26.2 Å². The third kappa shape index (κ3) is 3.02. The Labute approximate surface area is 107 Å². The van der Waals surface area contributed by atoms with Crippen LogP contribution in [0.25, 0.3) is 0 Å². The molecule has 6 heteroatoms. The summed E-state index contributed by atoms with van der Waals surface area (Å²) in [6.07, 6.45) is 6.22. The van der Waals surface area contributed by atoms with Crippen molar-refractivity contribution in [1.29, 1.82) is 0 Å². The van der Waals surface area contributed by atoms with Crippen molar-refractivity contribution in [3.05, 3.63) is 9.98 Å². The first kappa shape index (κ1) is 12.0. The molecule has 88 valence electrons. The highest BCUT2D eigenvalue weighted by atomic mass is 79.9. The van der Waals surface area contributed by atoms with Gasteiger partial charge in [0.05, 0.1) is 9.98 Å². The molecule has 0 aliphatic heterocycles. The summed E-state index contributed by atoms with van der Waals surface area (Å²) in [6, 6.07) is 0. The SMILES string of the molecule is NC1(CC(=O)Nc2ncc(Br)s2)CCCC1. The molecule has 0 aromatic carbocycles. The Balaban J connectivity index is 1.89. The third-order valence-corrected chi connectivity index (χ3v) is 4.23. The molecule has 0 saturated heterocycles. The molecule has 0 bridgehead atoms. The number of aromatic nitrogens is 1. The lowest BCUT2D eigenvalue weighted by atomic mass is 9.94. The fourth-order valence-corrected chi connectivity index (χ4v) is 3.17. The van der Waals surface area contributed by atoms with Crippen LogP contribution < -0.4 is 11.1 Å². The maximum Gasteiger partial charge on any atom is 0.228 e. The number of halogens is 1. The molecule has 0 radical (unpaired) electrons. The number of hydrogen-bond acceptors (Lipinski definition) is 4. The number of nitrogens with one attached hydrogen (secondary N) is 1. The molecule has 1 aliphatic carbocycles. The predicted octanol–water partition coefficient (Wildman–Crippen LogP) is 2.51. The fraction of sp³-hybridized carbons (Fsp3) is 0.600. The number of rotatable bonds is 3. The van der Waals surface area contributed by atoms with Crippen LogP contribution in [0.1, 0.15) is 32.1 Å². The second kappa shape index (κ2) is 4.81. The minimum Gasteiger partial charge on any atom is -0.325 e. The third-order valence-electron chi connectivity index (χ3n) is 2.84. The number of nitrogens with two attached hydrogens (primary N) is 1. The van der Waals surface area contributed by atoms with Crippen LogP contribution in [0, 0.1) is 0 Å². The molecule has 2 rings (SSSR count). The van der Waals surface area contributed by atoms with Gasteiger partial charge in [-0.15, -0.1) is 0 Å². The van der Waals surface area contributed by atoms with E-state index in [4.69, 9.17) is 5.73 Å². The number of anilines is 1. The van der Waals surface area contributed by atoms with E-state index in [0.29, 0.717) is 11.6 Å². The Kier molecular flexibility index (Phi) is 3.61.